The van der Waals surface area contributed by atoms with E-state index in [0.717, 1.165) is 18.4 Å². The Morgan fingerprint density at radius 1 is 1.31 bits per heavy atom. The molecule has 2 N–H and O–H groups in total. The highest BCUT2D eigenvalue weighted by Crippen LogP contribution is 2.33. The number of rotatable bonds is 3. The molecule has 2 rings (SSSR count). The molecule has 13 heavy (non-hydrogen) atoms. The van der Waals surface area contributed by atoms with E-state index in [-0.39, 0.29) is 5.78 Å². The molecule has 1 aliphatic carbocycles. The van der Waals surface area contributed by atoms with Gasteiger partial charge in [0.15, 0.2) is 5.78 Å². The van der Waals surface area contributed by atoms with E-state index in [4.69, 9.17) is 5.73 Å². The molecule has 0 saturated heterocycles. The lowest BCUT2D eigenvalue weighted by Crippen LogP contribution is -2.33. The van der Waals surface area contributed by atoms with Gasteiger partial charge in [0.1, 0.15) is 0 Å². The average molecular weight is 175 g/mol. The van der Waals surface area contributed by atoms with E-state index in [9.17, 15) is 4.79 Å². The minimum atomic E-state index is -0.476. The first-order valence-corrected chi connectivity index (χ1v) is 4.57. The molecule has 68 valence electrons. The maximum Gasteiger partial charge on any atom is 0.156 e. The Morgan fingerprint density at radius 3 is 2.46 bits per heavy atom. The van der Waals surface area contributed by atoms with Crippen molar-refractivity contribution in [1.82, 2.24) is 0 Å². The van der Waals surface area contributed by atoms with Gasteiger partial charge in [-0.25, -0.2) is 0 Å². The summed E-state index contributed by atoms with van der Waals surface area (Å²) >= 11 is 0. The fourth-order valence-electron chi connectivity index (χ4n) is 1.37. The third-order valence-corrected chi connectivity index (χ3v) is 2.55. The van der Waals surface area contributed by atoms with Crippen molar-refractivity contribution in [3.05, 3.63) is 35.9 Å². The molecule has 0 heterocycles. The first kappa shape index (κ1) is 8.45. The standard InChI is InChI=1S/C11H13NO/c12-11(6-7-11)10(13)8-9-4-2-1-3-5-9/h1-5H,6-8,12H2. The first-order chi connectivity index (χ1) is 6.21. The number of ketones is 1. The highest BCUT2D eigenvalue weighted by molar-refractivity contribution is 5.92. The molecule has 1 saturated carbocycles. The molecule has 0 aliphatic heterocycles. The SMILES string of the molecule is NC1(C(=O)Cc2ccccc2)CC1. The van der Waals surface area contributed by atoms with Gasteiger partial charge < -0.3 is 5.73 Å². The van der Waals surface area contributed by atoms with Crippen LogP contribution in [0.25, 0.3) is 0 Å². The van der Waals surface area contributed by atoms with Crippen molar-refractivity contribution in [2.75, 3.05) is 0 Å². The molecule has 1 aromatic rings. The van der Waals surface area contributed by atoms with E-state index in [2.05, 4.69) is 0 Å². The van der Waals surface area contributed by atoms with Crippen LogP contribution in [0.15, 0.2) is 30.3 Å². The van der Waals surface area contributed by atoms with Crippen LogP contribution in [-0.2, 0) is 11.2 Å². The minimum Gasteiger partial charge on any atom is -0.319 e. The van der Waals surface area contributed by atoms with Gasteiger partial charge in [-0.3, -0.25) is 4.79 Å². The molecular weight excluding hydrogens is 162 g/mol. The lowest BCUT2D eigenvalue weighted by Gasteiger charge is -2.06. The van der Waals surface area contributed by atoms with Crippen LogP contribution < -0.4 is 5.73 Å². The lowest BCUT2D eigenvalue weighted by atomic mass is 10.0. The van der Waals surface area contributed by atoms with Crippen LogP contribution in [0.4, 0.5) is 0 Å². The molecule has 0 unspecified atom stereocenters. The predicted molar refractivity (Wildman–Crippen MR) is 51.3 cm³/mol. The van der Waals surface area contributed by atoms with E-state index in [1.807, 2.05) is 30.3 Å². The largest absolute Gasteiger partial charge is 0.319 e. The van der Waals surface area contributed by atoms with Gasteiger partial charge in [0, 0.05) is 6.42 Å². The number of Topliss-reactive ketones (excluding diaryl/α,β-unsaturated/α-hetero) is 1. The Morgan fingerprint density at radius 2 is 1.92 bits per heavy atom. The second kappa shape index (κ2) is 2.96. The Balaban J connectivity index is 2.03. The van der Waals surface area contributed by atoms with Gasteiger partial charge in [-0.05, 0) is 18.4 Å². The normalized spacial score (nSPS) is 18.2. The van der Waals surface area contributed by atoms with Crippen molar-refractivity contribution in [1.29, 1.82) is 0 Å². The van der Waals surface area contributed by atoms with E-state index in [1.54, 1.807) is 0 Å². The minimum absolute atomic E-state index is 0.179. The number of nitrogens with two attached hydrogens (primary N) is 1. The van der Waals surface area contributed by atoms with Crippen LogP contribution in [0, 0.1) is 0 Å². The second-order valence-corrected chi connectivity index (χ2v) is 3.74. The van der Waals surface area contributed by atoms with Crippen molar-refractivity contribution >= 4 is 5.78 Å². The number of carbonyl (C=O) groups is 1. The quantitative estimate of drug-likeness (QED) is 0.752. The predicted octanol–water partition coefficient (Wildman–Crippen LogP) is 1.29. The smallest absolute Gasteiger partial charge is 0.156 e. The van der Waals surface area contributed by atoms with Gasteiger partial charge in [-0.1, -0.05) is 30.3 Å². The topological polar surface area (TPSA) is 43.1 Å². The van der Waals surface area contributed by atoms with Crippen molar-refractivity contribution < 1.29 is 4.79 Å². The fraction of sp³-hybridized carbons (Fsp3) is 0.364. The van der Waals surface area contributed by atoms with Crippen LogP contribution in [0.2, 0.25) is 0 Å². The van der Waals surface area contributed by atoms with Crippen LogP contribution in [0.3, 0.4) is 0 Å². The maximum atomic E-state index is 11.6. The average Bonchev–Trinajstić information content (AvgIpc) is 2.87. The zero-order valence-corrected chi connectivity index (χ0v) is 7.49. The number of hydrogen-bond acceptors (Lipinski definition) is 2. The van der Waals surface area contributed by atoms with Crippen LogP contribution in [0.1, 0.15) is 18.4 Å². The number of carbonyl (C=O) groups excluding carboxylic acids is 1. The van der Waals surface area contributed by atoms with Gasteiger partial charge in [0.25, 0.3) is 0 Å². The highest BCUT2D eigenvalue weighted by atomic mass is 16.1. The molecule has 2 nitrogen and oxygen atoms in total. The van der Waals surface area contributed by atoms with Crippen molar-refractivity contribution in [2.24, 2.45) is 5.73 Å². The van der Waals surface area contributed by atoms with E-state index in [0.29, 0.717) is 6.42 Å². The fourth-order valence-corrected chi connectivity index (χ4v) is 1.37. The first-order valence-electron chi connectivity index (χ1n) is 4.57. The number of hydrogen-bond donors (Lipinski definition) is 1. The van der Waals surface area contributed by atoms with Crippen molar-refractivity contribution in [3.8, 4) is 0 Å². The van der Waals surface area contributed by atoms with Crippen molar-refractivity contribution in [3.63, 3.8) is 0 Å². The van der Waals surface area contributed by atoms with Gasteiger partial charge in [0.05, 0.1) is 5.54 Å². The van der Waals surface area contributed by atoms with Crippen LogP contribution in [0.5, 0.6) is 0 Å². The summed E-state index contributed by atoms with van der Waals surface area (Å²) in [6, 6.07) is 9.76. The summed E-state index contributed by atoms with van der Waals surface area (Å²) in [4.78, 5) is 11.6. The lowest BCUT2D eigenvalue weighted by molar-refractivity contribution is -0.120. The van der Waals surface area contributed by atoms with E-state index >= 15 is 0 Å². The Hall–Kier alpha value is -1.15. The second-order valence-electron chi connectivity index (χ2n) is 3.74. The molecule has 1 fully saturated rings. The Labute approximate surface area is 77.8 Å². The summed E-state index contributed by atoms with van der Waals surface area (Å²) in [7, 11) is 0. The summed E-state index contributed by atoms with van der Waals surface area (Å²) in [5.41, 5.74) is 6.37. The molecule has 1 aliphatic rings. The van der Waals surface area contributed by atoms with E-state index < -0.39 is 5.54 Å². The zero-order valence-electron chi connectivity index (χ0n) is 7.49. The molecule has 0 atom stereocenters. The number of benzene rings is 1. The molecule has 2 heteroatoms. The summed E-state index contributed by atoms with van der Waals surface area (Å²) < 4.78 is 0. The summed E-state index contributed by atoms with van der Waals surface area (Å²) in [5, 5.41) is 0. The third kappa shape index (κ3) is 1.78. The Bertz CT molecular complexity index is 314. The molecule has 0 bridgehead atoms. The molecular formula is C11H13NO. The Kier molecular flexibility index (Phi) is 1.93. The van der Waals surface area contributed by atoms with Gasteiger partial charge in [-0.2, -0.15) is 0 Å². The van der Waals surface area contributed by atoms with Crippen LogP contribution in [-0.4, -0.2) is 11.3 Å². The monoisotopic (exact) mass is 175 g/mol. The highest BCUT2D eigenvalue weighted by Gasteiger charge is 2.44. The van der Waals surface area contributed by atoms with Gasteiger partial charge >= 0.3 is 0 Å². The van der Waals surface area contributed by atoms with E-state index in [1.165, 1.54) is 0 Å². The molecule has 1 aromatic carbocycles. The third-order valence-electron chi connectivity index (χ3n) is 2.55. The summed E-state index contributed by atoms with van der Waals surface area (Å²) in [5.74, 6) is 0.179. The maximum absolute atomic E-state index is 11.6. The molecule has 0 aromatic heterocycles. The van der Waals surface area contributed by atoms with Gasteiger partial charge in [-0.15, -0.1) is 0 Å². The summed E-state index contributed by atoms with van der Waals surface area (Å²) in [6.45, 7) is 0. The molecule has 0 spiro atoms. The zero-order chi connectivity index (χ0) is 9.31. The molecule has 0 radical (unpaired) electrons. The molecule has 0 amide bonds. The summed E-state index contributed by atoms with van der Waals surface area (Å²) in [6.07, 6.45) is 2.20. The van der Waals surface area contributed by atoms with Gasteiger partial charge in [0.2, 0.25) is 0 Å². The van der Waals surface area contributed by atoms with Crippen molar-refractivity contribution in [2.45, 2.75) is 24.8 Å². The van der Waals surface area contributed by atoms with Crippen LogP contribution >= 0.6 is 0 Å².